The zero-order chi connectivity index (χ0) is 18.1. The minimum Gasteiger partial charge on any atom is -0.508 e. The summed E-state index contributed by atoms with van der Waals surface area (Å²) in [6.07, 6.45) is 1.39. The third kappa shape index (κ3) is 3.28. The van der Waals surface area contributed by atoms with Crippen molar-refractivity contribution in [3.8, 4) is 5.75 Å². The standard InChI is InChI=1S/C19H16N2O4/c1-11-7-12(2)9-14(8-11)21-18(24)16(17(23)20-19(21)25)10-13-3-5-15(22)6-4-13/h3-10,22H,1-2H3,(H,20,23,25)/b16-10+. The highest BCUT2D eigenvalue weighted by molar-refractivity contribution is 6.39. The smallest absolute Gasteiger partial charge is 0.335 e. The molecule has 1 heterocycles. The monoisotopic (exact) mass is 336 g/mol. The number of hydrogen-bond acceptors (Lipinski definition) is 4. The minimum atomic E-state index is -0.775. The number of barbiturate groups is 1. The maximum Gasteiger partial charge on any atom is 0.335 e. The molecule has 0 spiro atoms. The fourth-order valence-electron chi connectivity index (χ4n) is 2.71. The number of carbonyl (C=O) groups is 3. The quantitative estimate of drug-likeness (QED) is 0.652. The van der Waals surface area contributed by atoms with E-state index in [1.807, 2.05) is 19.9 Å². The molecule has 1 aliphatic rings. The van der Waals surface area contributed by atoms with Gasteiger partial charge in [0.15, 0.2) is 0 Å². The summed E-state index contributed by atoms with van der Waals surface area (Å²) in [5.74, 6) is -1.36. The maximum atomic E-state index is 12.8. The van der Waals surface area contributed by atoms with Crippen molar-refractivity contribution in [1.29, 1.82) is 0 Å². The highest BCUT2D eigenvalue weighted by Gasteiger charge is 2.36. The molecule has 0 radical (unpaired) electrons. The van der Waals surface area contributed by atoms with Gasteiger partial charge in [-0.05, 0) is 60.9 Å². The van der Waals surface area contributed by atoms with E-state index in [2.05, 4.69) is 5.32 Å². The lowest BCUT2D eigenvalue weighted by molar-refractivity contribution is -0.122. The van der Waals surface area contributed by atoms with Crippen LogP contribution in [0.25, 0.3) is 6.08 Å². The summed E-state index contributed by atoms with van der Waals surface area (Å²) in [4.78, 5) is 38.0. The van der Waals surface area contributed by atoms with Gasteiger partial charge in [-0.2, -0.15) is 0 Å². The van der Waals surface area contributed by atoms with Gasteiger partial charge in [0.05, 0.1) is 5.69 Å². The van der Waals surface area contributed by atoms with E-state index < -0.39 is 17.8 Å². The van der Waals surface area contributed by atoms with Gasteiger partial charge in [0.1, 0.15) is 11.3 Å². The van der Waals surface area contributed by atoms with E-state index in [0.29, 0.717) is 11.3 Å². The molecule has 2 aromatic rings. The number of anilines is 1. The second-order valence-corrected chi connectivity index (χ2v) is 5.90. The van der Waals surface area contributed by atoms with Crippen molar-refractivity contribution in [1.82, 2.24) is 5.32 Å². The van der Waals surface area contributed by atoms with Crippen molar-refractivity contribution in [2.45, 2.75) is 13.8 Å². The van der Waals surface area contributed by atoms with E-state index in [-0.39, 0.29) is 11.3 Å². The van der Waals surface area contributed by atoms with E-state index in [1.165, 1.54) is 18.2 Å². The number of aryl methyl sites for hydroxylation is 2. The minimum absolute atomic E-state index is 0.0774. The normalized spacial score (nSPS) is 16.3. The fourth-order valence-corrected chi connectivity index (χ4v) is 2.71. The zero-order valence-electron chi connectivity index (χ0n) is 13.7. The number of imide groups is 2. The molecule has 0 aliphatic carbocycles. The van der Waals surface area contributed by atoms with E-state index >= 15 is 0 Å². The van der Waals surface area contributed by atoms with E-state index in [4.69, 9.17) is 0 Å². The van der Waals surface area contributed by atoms with Gasteiger partial charge in [0.2, 0.25) is 0 Å². The van der Waals surface area contributed by atoms with Crippen molar-refractivity contribution in [3.05, 3.63) is 64.7 Å². The molecule has 2 N–H and O–H groups in total. The summed E-state index contributed by atoms with van der Waals surface area (Å²) in [5.41, 5.74) is 2.62. The Morgan fingerprint density at radius 2 is 1.56 bits per heavy atom. The number of aromatic hydroxyl groups is 1. The maximum absolute atomic E-state index is 12.8. The third-order valence-corrected chi connectivity index (χ3v) is 3.77. The number of amides is 4. The molecule has 2 aromatic carbocycles. The molecule has 4 amide bonds. The highest BCUT2D eigenvalue weighted by atomic mass is 16.3. The molecule has 0 aromatic heterocycles. The fraction of sp³-hybridized carbons (Fsp3) is 0.105. The lowest BCUT2D eigenvalue weighted by atomic mass is 10.1. The zero-order valence-corrected chi connectivity index (χ0v) is 13.7. The number of nitrogens with one attached hydrogen (secondary N) is 1. The summed E-state index contributed by atoms with van der Waals surface area (Å²) >= 11 is 0. The van der Waals surface area contributed by atoms with Crippen molar-refractivity contribution in [2.24, 2.45) is 0 Å². The molecule has 0 atom stereocenters. The Labute approximate surface area is 144 Å². The predicted octanol–water partition coefficient (Wildman–Crippen LogP) is 2.68. The van der Waals surface area contributed by atoms with Crippen LogP contribution in [0, 0.1) is 13.8 Å². The molecule has 1 saturated heterocycles. The highest BCUT2D eigenvalue weighted by Crippen LogP contribution is 2.24. The Morgan fingerprint density at radius 1 is 0.960 bits per heavy atom. The number of phenolic OH excluding ortho intramolecular Hbond substituents is 1. The Bertz CT molecular complexity index is 893. The molecule has 126 valence electrons. The van der Waals surface area contributed by atoms with Crippen molar-refractivity contribution in [2.75, 3.05) is 4.90 Å². The number of phenols is 1. The van der Waals surface area contributed by atoms with Crippen LogP contribution >= 0.6 is 0 Å². The first-order valence-electron chi connectivity index (χ1n) is 7.64. The van der Waals surface area contributed by atoms with E-state index in [9.17, 15) is 19.5 Å². The largest absolute Gasteiger partial charge is 0.508 e. The van der Waals surface area contributed by atoms with Gasteiger partial charge in [0.25, 0.3) is 11.8 Å². The molecule has 3 rings (SSSR count). The topological polar surface area (TPSA) is 86.7 Å². The first kappa shape index (κ1) is 16.4. The first-order chi connectivity index (χ1) is 11.8. The third-order valence-electron chi connectivity index (χ3n) is 3.77. The van der Waals surface area contributed by atoms with Gasteiger partial charge >= 0.3 is 6.03 Å². The number of carbonyl (C=O) groups excluding carboxylic acids is 3. The Hall–Kier alpha value is -3.41. The number of urea groups is 1. The van der Waals surface area contributed by atoms with Crippen LogP contribution in [-0.2, 0) is 9.59 Å². The van der Waals surface area contributed by atoms with Crippen molar-refractivity contribution < 1.29 is 19.5 Å². The van der Waals surface area contributed by atoms with Crippen LogP contribution in [0.15, 0.2) is 48.0 Å². The van der Waals surface area contributed by atoms with Gasteiger partial charge in [-0.15, -0.1) is 0 Å². The van der Waals surface area contributed by atoms with Crippen LogP contribution in [-0.4, -0.2) is 23.0 Å². The van der Waals surface area contributed by atoms with Gasteiger partial charge in [0, 0.05) is 0 Å². The predicted molar refractivity (Wildman–Crippen MR) is 93.0 cm³/mol. The van der Waals surface area contributed by atoms with Crippen molar-refractivity contribution >= 4 is 29.6 Å². The second kappa shape index (κ2) is 6.24. The lowest BCUT2D eigenvalue weighted by Gasteiger charge is -2.27. The molecule has 25 heavy (non-hydrogen) atoms. The van der Waals surface area contributed by atoms with Gasteiger partial charge in [-0.3, -0.25) is 14.9 Å². The summed E-state index contributed by atoms with van der Waals surface area (Å²) in [6.45, 7) is 3.72. The van der Waals surface area contributed by atoms with Crippen LogP contribution in [0.4, 0.5) is 10.5 Å². The average Bonchev–Trinajstić information content (AvgIpc) is 2.52. The Balaban J connectivity index is 2.03. The molecule has 1 fully saturated rings. The molecular weight excluding hydrogens is 320 g/mol. The van der Waals surface area contributed by atoms with Crippen molar-refractivity contribution in [3.63, 3.8) is 0 Å². The molecule has 6 nitrogen and oxygen atoms in total. The molecular formula is C19H16N2O4. The average molecular weight is 336 g/mol. The summed E-state index contributed by atoms with van der Waals surface area (Å²) < 4.78 is 0. The number of nitrogens with zero attached hydrogens (tertiary/aromatic N) is 1. The molecule has 1 aliphatic heterocycles. The van der Waals surface area contributed by atoms with Gasteiger partial charge in [-0.25, -0.2) is 9.69 Å². The van der Waals surface area contributed by atoms with Crippen LogP contribution in [0.3, 0.4) is 0 Å². The molecule has 6 heteroatoms. The Kier molecular flexibility index (Phi) is 4.10. The van der Waals surface area contributed by atoms with Crippen LogP contribution in [0.2, 0.25) is 0 Å². The van der Waals surface area contributed by atoms with E-state index in [0.717, 1.165) is 16.0 Å². The molecule has 0 saturated carbocycles. The SMILES string of the molecule is Cc1cc(C)cc(N2C(=O)NC(=O)/C(=C\c3ccc(O)cc3)C2=O)c1. The van der Waals surface area contributed by atoms with Crippen LogP contribution in [0.5, 0.6) is 5.75 Å². The van der Waals surface area contributed by atoms with Crippen LogP contribution in [0.1, 0.15) is 16.7 Å². The summed E-state index contributed by atoms with van der Waals surface area (Å²) in [7, 11) is 0. The number of rotatable bonds is 2. The summed E-state index contributed by atoms with van der Waals surface area (Å²) in [6, 6.07) is 10.6. The Morgan fingerprint density at radius 3 is 2.16 bits per heavy atom. The van der Waals surface area contributed by atoms with Gasteiger partial charge < -0.3 is 5.11 Å². The first-order valence-corrected chi connectivity index (χ1v) is 7.64. The molecule has 0 bridgehead atoms. The van der Waals surface area contributed by atoms with Crippen LogP contribution < -0.4 is 10.2 Å². The number of benzene rings is 2. The summed E-state index contributed by atoms with van der Waals surface area (Å²) in [5, 5.41) is 11.5. The molecule has 0 unspecified atom stereocenters. The van der Waals surface area contributed by atoms with E-state index in [1.54, 1.807) is 24.3 Å². The second-order valence-electron chi connectivity index (χ2n) is 5.90. The number of hydrogen-bond donors (Lipinski definition) is 2. The lowest BCUT2D eigenvalue weighted by Crippen LogP contribution is -2.54. The van der Waals surface area contributed by atoms with Gasteiger partial charge in [-0.1, -0.05) is 18.2 Å².